The lowest BCUT2D eigenvalue weighted by atomic mass is 10.2. The number of halogens is 2. The highest BCUT2D eigenvalue weighted by atomic mass is 79.9. The summed E-state index contributed by atoms with van der Waals surface area (Å²) in [6.45, 7) is 6.98. The van der Waals surface area contributed by atoms with E-state index in [1.54, 1.807) is 6.20 Å². The van der Waals surface area contributed by atoms with E-state index in [2.05, 4.69) is 60.1 Å². The topological polar surface area (TPSA) is 41.4 Å². The lowest BCUT2D eigenvalue weighted by Crippen LogP contribution is -2.48. The first-order valence-electron chi connectivity index (χ1n) is 8.46. The van der Waals surface area contributed by atoms with Crippen LogP contribution in [-0.2, 0) is 17.9 Å². The number of carbonyl (C=O) groups is 1. The number of rotatable bonds is 5. The van der Waals surface area contributed by atoms with E-state index in [9.17, 15) is 4.79 Å². The van der Waals surface area contributed by atoms with E-state index >= 15 is 0 Å². The Hall–Kier alpha value is -1.18. The highest BCUT2D eigenvalue weighted by Gasteiger charge is 2.21. The second-order valence-electron chi connectivity index (χ2n) is 6.30. The van der Waals surface area contributed by atoms with Crippen LogP contribution in [0.3, 0.4) is 0 Å². The van der Waals surface area contributed by atoms with Crippen molar-refractivity contribution < 1.29 is 4.79 Å². The number of piperazine rings is 1. The van der Waals surface area contributed by atoms with Crippen LogP contribution in [0.4, 0.5) is 0 Å². The molecule has 1 saturated heterocycles. The molecule has 1 aromatic heterocycles. The molecule has 25 heavy (non-hydrogen) atoms. The largest absolute Gasteiger partial charge is 0.340 e. The second kappa shape index (κ2) is 8.47. The molecule has 0 unspecified atom stereocenters. The van der Waals surface area contributed by atoms with E-state index < -0.39 is 0 Å². The Kier molecular flexibility index (Phi) is 6.30. The summed E-state index contributed by atoms with van der Waals surface area (Å²) in [7, 11) is 0. The van der Waals surface area contributed by atoms with Gasteiger partial charge in [-0.3, -0.25) is 14.4 Å². The molecule has 1 fully saturated rings. The minimum absolute atomic E-state index is 0.214. The van der Waals surface area contributed by atoms with Gasteiger partial charge >= 0.3 is 0 Å². The number of hydrogen-bond donors (Lipinski definition) is 0. The smallest absolute Gasteiger partial charge is 0.224 e. The molecule has 1 aromatic carbocycles. The first-order chi connectivity index (χ1) is 12.0. The molecule has 0 aliphatic carbocycles. The maximum absolute atomic E-state index is 12.5. The third-order valence-corrected chi connectivity index (χ3v) is 6.21. The zero-order valence-electron chi connectivity index (χ0n) is 14.3. The normalized spacial score (nSPS) is 15.6. The number of carbonyl (C=O) groups excluding carboxylic acids is 1. The average Bonchev–Trinajstić information content (AvgIpc) is 2.94. The lowest BCUT2D eigenvalue weighted by Gasteiger charge is -2.35. The van der Waals surface area contributed by atoms with Crippen molar-refractivity contribution in [2.45, 2.75) is 26.4 Å². The average molecular weight is 470 g/mol. The van der Waals surface area contributed by atoms with Crippen molar-refractivity contribution in [2.24, 2.45) is 0 Å². The highest BCUT2D eigenvalue weighted by Crippen LogP contribution is 2.19. The zero-order chi connectivity index (χ0) is 17.8. The van der Waals surface area contributed by atoms with E-state index in [-0.39, 0.29) is 5.91 Å². The zero-order valence-corrected chi connectivity index (χ0v) is 17.5. The molecule has 0 N–H and O–H groups in total. The molecule has 0 saturated carbocycles. The van der Waals surface area contributed by atoms with Gasteiger partial charge < -0.3 is 4.90 Å². The van der Waals surface area contributed by atoms with Crippen LogP contribution in [0.25, 0.3) is 0 Å². The summed E-state index contributed by atoms with van der Waals surface area (Å²) in [5.41, 5.74) is 2.35. The Balaban J connectivity index is 1.46. The second-order valence-corrected chi connectivity index (χ2v) is 8.01. The number of aromatic nitrogens is 2. The van der Waals surface area contributed by atoms with Crippen LogP contribution in [0.5, 0.6) is 0 Å². The van der Waals surface area contributed by atoms with Crippen molar-refractivity contribution in [3.63, 3.8) is 0 Å². The number of benzene rings is 1. The fourth-order valence-corrected chi connectivity index (χ4v) is 3.74. The van der Waals surface area contributed by atoms with Gasteiger partial charge in [-0.15, -0.1) is 0 Å². The fraction of sp³-hybridized carbons (Fsp3) is 0.444. The molecule has 0 bridgehead atoms. The number of aryl methyl sites for hydroxylation is 1. The predicted octanol–water partition coefficient (Wildman–Crippen LogP) is 3.45. The Bertz CT molecular complexity index is 738. The van der Waals surface area contributed by atoms with Crippen molar-refractivity contribution in [1.82, 2.24) is 19.6 Å². The summed E-state index contributed by atoms with van der Waals surface area (Å²) in [4.78, 5) is 16.8. The molecule has 3 rings (SSSR count). The van der Waals surface area contributed by atoms with Crippen LogP contribution in [0.15, 0.2) is 39.4 Å². The van der Waals surface area contributed by atoms with Gasteiger partial charge in [0.1, 0.15) is 0 Å². The molecule has 1 aliphatic heterocycles. The summed E-state index contributed by atoms with van der Waals surface area (Å²) in [6, 6.07) is 8.32. The van der Waals surface area contributed by atoms with Crippen molar-refractivity contribution in [3.05, 3.63) is 50.7 Å². The van der Waals surface area contributed by atoms with Gasteiger partial charge in [-0.2, -0.15) is 5.10 Å². The molecular weight excluding hydrogens is 448 g/mol. The number of amides is 1. The van der Waals surface area contributed by atoms with E-state index in [4.69, 9.17) is 0 Å². The molecule has 0 spiro atoms. The Morgan fingerprint density at radius 3 is 2.48 bits per heavy atom. The monoisotopic (exact) mass is 468 g/mol. The van der Waals surface area contributed by atoms with Crippen LogP contribution in [0.2, 0.25) is 0 Å². The maximum atomic E-state index is 12.5. The summed E-state index contributed by atoms with van der Waals surface area (Å²) in [5, 5.41) is 4.29. The Morgan fingerprint density at radius 2 is 1.84 bits per heavy atom. The van der Waals surface area contributed by atoms with Crippen LogP contribution in [0.1, 0.15) is 17.7 Å². The molecule has 134 valence electrons. The summed E-state index contributed by atoms with van der Waals surface area (Å²) in [6.07, 6.45) is 2.28. The number of hydrogen-bond acceptors (Lipinski definition) is 3. The van der Waals surface area contributed by atoms with Gasteiger partial charge in [0, 0.05) is 55.9 Å². The minimum Gasteiger partial charge on any atom is -0.340 e. The first-order valence-corrected chi connectivity index (χ1v) is 10.0. The Morgan fingerprint density at radius 1 is 1.12 bits per heavy atom. The SMILES string of the molecule is Cc1c(Br)cnn1CCC(=O)N1CCN(Cc2ccccc2Br)CC1. The molecule has 0 atom stereocenters. The molecule has 1 aliphatic rings. The molecule has 2 aromatic rings. The van der Waals surface area contributed by atoms with E-state index in [1.165, 1.54) is 5.56 Å². The fourth-order valence-electron chi connectivity index (χ4n) is 3.03. The van der Waals surface area contributed by atoms with Crippen LogP contribution < -0.4 is 0 Å². The molecule has 0 radical (unpaired) electrons. The van der Waals surface area contributed by atoms with Gasteiger partial charge in [-0.1, -0.05) is 34.1 Å². The van der Waals surface area contributed by atoms with Gasteiger partial charge in [0.05, 0.1) is 10.7 Å². The Labute approximate surface area is 165 Å². The number of nitrogens with zero attached hydrogens (tertiary/aromatic N) is 4. The molecule has 2 heterocycles. The molecule has 1 amide bonds. The van der Waals surface area contributed by atoms with Gasteiger partial charge in [-0.25, -0.2) is 0 Å². The predicted molar refractivity (Wildman–Crippen MR) is 105 cm³/mol. The van der Waals surface area contributed by atoms with Crippen LogP contribution in [0, 0.1) is 6.92 Å². The van der Waals surface area contributed by atoms with E-state index in [0.717, 1.165) is 47.4 Å². The van der Waals surface area contributed by atoms with Crippen molar-refractivity contribution in [1.29, 1.82) is 0 Å². The summed E-state index contributed by atoms with van der Waals surface area (Å²) >= 11 is 7.06. The van der Waals surface area contributed by atoms with Crippen LogP contribution in [-0.4, -0.2) is 51.7 Å². The highest BCUT2D eigenvalue weighted by molar-refractivity contribution is 9.10. The van der Waals surface area contributed by atoms with Gasteiger partial charge in [-0.05, 0) is 34.5 Å². The van der Waals surface area contributed by atoms with Crippen molar-refractivity contribution >= 4 is 37.8 Å². The molecule has 5 nitrogen and oxygen atoms in total. The van der Waals surface area contributed by atoms with Gasteiger partial charge in [0.2, 0.25) is 5.91 Å². The summed E-state index contributed by atoms with van der Waals surface area (Å²) < 4.78 is 4.01. The third kappa shape index (κ3) is 4.71. The van der Waals surface area contributed by atoms with Crippen LogP contribution >= 0.6 is 31.9 Å². The minimum atomic E-state index is 0.214. The third-order valence-electron chi connectivity index (χ3n) is 4.66. The quantitative estimate of drug-likeness (QED) is 0.673. The first kappa shape index (κ1) is 18.6. The standard InChI is InChI=1S/C18H22Br2N4O/c1-14-17(20)12-21-24(14)7-6-18(25)23-10-8-22(9-11-23)13-15-4-2-3-5-16(15)19/h2-5,12H,6-11,13H2,1H3. The van der Waals surface area contributed by atoms with Gasteiger partial charge in [0.25, 0.3) is 0 Å². The molecule has 7 heteroatoms. The van der Waals surface area contributed by atoms with Gasteiger partial charge in [0.15, 0.2) is 0 Å². The van der Waals surface area contributed by atoms with Crippen molar-refractivity contribution in [2.75, 3.05) is 26.2 Å². The lowest BCUT2D eigenvalue weighted by molar-refractivity contribution is -0.133. The van der Waals surface area contributed by atoms with Crippen molar-refractivity contribution in [3.8, 4) is 0 Å². The summed E-state index contributed by atoms with van der Waals surface area (Å²) in [5.74, 6) is 0.214. The molecular formula is C18H22Br2N4O. The van der Waals surface area contributed by atoms with E-state index in [1.807, 2.05) is 22.6 Å². The van der Waals surface area contributed by atoms with E-state index in [0.29, 0.717) is 13.0 Å². The maximum Gasteiger partial charge on any atom is 0.224 e.